The normalized spacial score (nSPS) is 16.1. The van der Waals surface area contributed by atoms with Gasteiger partial charge in [-0.05, 0) is 23.8 Å². The second-order valence-corrected chi connectivity index (χ2v) is 5.12. The number of ether oxygens (including phenoxy) is 1. The van der Waals surface area contributed by atoms with Gasteiger partial charge >= 0.3 is 0 Å². The molecule has 0 saturated heterocycles. The molecule has 0 fully saturated rings. The molecular weight excluding hydrogens is 266 g/mol. The third kappa shape index (κ3) is 3.31. The molecule has 0 bridgehead atoms. The summed E-state index contributed by atoms with van der Waals surface area (Å²) in [6.45, 7) is 0.502. The summed E-state index contributed by atoms with van der Waals surface area (Å²) in [6.07, 6.45) is 2.64. The minimum Gasteiger partial charge on any atom is -0.488 e. The molecule has 1 unspecified atom stereocenters. The number of carbonyl (C=O) groups excluding carboxylic acids is 1. The number of hydrogen-bond acceptors (Lipinski definition) is 4. The van der Waals surface area contributed by atoms with Gasteiger partial charge in [-0.15, -0.1) is 0 Å². The highest BCUT2D eigenvalue weighted by molar-refractivity contribution is 5.78. The minimum atomic E-state index is -0.0631. The smallest absolute Gasteiger partial charge is 0.226 e. The number of benzene rings is 1. The van der Waals surface area contributed by atoms with Crippen LogP contribution in [0.1, 0.15) is 11.3 Å². The van der Waals surface area contributed by atoms with Crippen LogP contribution in [0.2, 0.25) is 0 Å². The van der Waals surface area contributed by atoms with Crippen LogP contribution in [0.5, 0.6) is 5.75 Å². The van der Waals surface area contributed by atoms with Gasteiger partial charge in [0.15, 0.2) is 0 Å². The Hall–Kier alpha value is -2.56. The first-order valence-corrected chi connectivity index (χ1v) is 6.92. The zero-order valence-corrected chi connectivity index (χ0v) is 11.6. The fourth-order valence-corrected chi connectivity index (χ4v) is 2.36. The van der Waals surface area contributed by atoms with Gasteiger partial charge in [0.1, 0.15) is 11.9 Å². The topological polar surface area (TPSA) is 77.2 Å². The molecule has 21 heavy (non-hydrogen) atoms. The van der Waals surface area contributed by atoms with E-state index in [4.69, 9.17) is 10.5 Å². The molecule has 0 aliphatic carbocycles. The van der Waals surface area contributed by atoms with E-state index in [2.05, 4.69) is 16.4 Å². The molecule has 108 valence electrons. The second-order valence-electron chi connectivity index (χ2n) is 5.12. The first-order valence-electron chi connectivity index (χ1n) is 6.92. The maximum absolute atomic E-state index is 11.9. The molecular formula is C16H17N3O2. The van der Waals surface area contributed by atoms with Crippen LogP contribution in [-0.2, 0) is 17.6 Å². The van der Waals surface area contributed by atoms with Gasteiger partial charge < -0.3 is 15.8 Å². The Morgan fingerprint density at radius 3 is 2.95 bits per heavy atom. The van der Waals surface area contributed by atoms with E-state index >= 15 is 0 Å². The highest BCUT2D eigenvalue weighted by atomic mass is 16.5. The summed E-state index contributed by atoms with van der Waals surface area (Å²) in [7, 11) is 0. The van der Waals surface area contributed by atoms with Crippen molar-refractivity contribution in [3.8, 4) is 5.75 Å². The molecule has 1 aliphatic rings. The molecule has 1 amide bonds. The lowest BCUT2D eigenvalue weighted by molar-refractivity contribution is -0.120. The molecule has 5 nitrogen and oxygen atoms in total. The number of aromatic nitrogens is 1. The molecule has 1 aromatic carbocycles. The highest BCUT2D eigenvalue weighted by Crippen LogP contribution is 2.27. The van der Waals surface area contributed by atoms with Crippen molar-refractivity contribution < 1.29 is 9.53 Å². The lowest BCUT2D eigenvalue weighted by Gasteiger charge is -2.11. The number of nitrogen functional groups attached to an aromatic ring is 1. The van der Waals surface area contributed by atoms with Crippen LogP contribution in [0, 0.1) is 0 Å². The van der Waals surface area contributed by atoms with Crippen molar-refractivity contribution in [1.29, 1.82) is 0 Å². The van der Waals surface area contributed by atoms with E-state index in [1.807, 2.05) is 18.2 Å². The fourth-order valence-electron chi connectivity index (χ4n) is 2.36. The molecule has 0 radical (unpaired) electrons. The van der Waals surface area contributed by atoms with Crippen LogP contribution in [0.15, 0.2) is 42.6 Å². The van der Waals surface area contributed by atoms with Crippen LogP contribution in [-0.4, -0.2) is 23.5 Å². The van der Waals surface area contributed by atoms with Crippen molar-refractivity contribution in [2.24, 2.45) is 0 Å². The Balaban J connectivity index is 1.48. The van der Waals surface area contributed by atoms with E-state index < -0.39 is 0 Å². The van der Waals surface area contributed by atoms with Gasteiger partial charge in [-0.25, -0.2) is 0 Å². The molecule has 1 aromatic heterocycles. The predicted molar refractivity (Wildman–Crippen MR) is 79.9 cm³/mol. The Kier molecular flexibility index (Phi) is 3.73. The molecule has 0 saturated carbocycles. The Morgan fingerprint density at radius 2 is 2.19 bits per heavy atom. The van der Waals surface area contributed by atoms with Crippen LogP contribution < -0.4 is 15.8 Å². The van der Waals surface area contributed by atoms with Gasteiger partial charge in [0.05, 0.1) is 24.8 Å². The fraction of sp³-hybridized carbons (Fsp3) is 0.250. The molecule has 1 aliphatic heterocycles. The summed E-state index contributed by atoms with van der Waals surface area (Å²) in [4.78, 5) is 16.0. The highest BCUT2D eigenvalue weighted by Gasteiger charge is 2.22. The Bertz CT molecular complexity index is 615. The first kappa shape index (κ1) is 13.4. The second kappa shape index (κ2) is 5.83. The average Bonchev–Trinajstić information content (AvgIpc) is 2.90. The number of para-hydroxylation sites is 1. The first-order chi connectivity index (χ1) is 10.2. The quantitative estimate of drug-likeness (QED) is 0.887. The van der Waals surface area contributed by atoms with Gasteiger partial charge in [0, 0.05) is 12.1 Å². The molecule has 2 aromatic rings. The SMILES string of the molecule is Nc1ccc(CC(=O)NCC2Cc3ccccc3O2)nc1. The Morgan fingerprint density at radius 1 is 1.33 bits per heavy atom. The zero-order valence-electron chi connectivity index (χ0n) is 11.6. The maximum Gasteiger partial charge on any atom is 0.226 e. The number of amides is 1. The molecule has 5 heteroatoms. The Labute approximate surface area is 123 Å². The van der Waals surface area contributed by atoms with Crippen LogP contribution in [0.25, 0.3) is 0 Å². The van der Waals surface area contributed by atoms with Crippen LogP contribution >= 0.6 is 0 Å². The van der Waals surface area contributed by atoms with Gasteiger partial charge in [-0.3, -0.25) is 9.78 Å². The van der Waals surface area contributed by atoms with Crippen molar-refractivity contribution in [2.45, 2.75) is 18.9 Å². The average molecular weight is 283 g/mol. The summed E-state index contributed by atoms with van der Waals surface area (Å²) in [5.74, 6) is 0.851. The maximum atomic E-state index is 11.9. The van der Waals surface area contributed by atoms with Gasteiger partial charge in [0.25, 0.3) is 0 Å². The molecule has 3 N–H and O–H groups in total. The number of fused-ring (bicyclic) bond motifs is 1. The lowest BCUT2D eigenvalue weighted by atomic mass is 10.1. The third-order valence-electron chi connectivity index (χ3n) is 3.43. The number of nitrogens with zero attached hydrogens (tertiary/aromatic N) is 1. The molecule has 3 rings (SSSR count). The minimum absolute atomic E-state index is 0.00530. The van der Waals surface area contributed by atoms with Crippen molar-refractivity contribution in [2.75, 3.05) is 12.3 Å². The van der Waals surface area contributed by atoms with Crippen molar-refractivity contribution in [1.82, 2.24) is 10.3 Å². The number of nitrogens with one attached hydrogen (secondary N) is 1. The molecule has 0 spiro atoms. The third-order valence-corrected chi connectivity index (χ3v) is 3.43. The van der Waals surface area contributed by atoms with E-state index in [-0.39, 0.29) is 18.4 Å². The predicted octanol–water partition coefficient (Wildman–Crippen LogP) is 1.33. The summed E-state index contributed by atoms with van der Waals surface area (Å²) in [6, 6.07) is 11.5. The van der Waals surface area contributed by atoms with E-state index in [1.165, 1.54) is 5.56 Å². The van der Waals surface area contributed by atoms with Crippen molar-refractivity contribution >= 4 is 11.6 Å². The zero-order chi connectivity index (χ0) is 14.7. The number of nitrogens with two attached hydrogens (primary N) is 1. The van der Waals surface area contributed by atoms with Gasteiger partial charge in [0.2, 0.25) is 5.91 Å². The lowest BCUT2D eigenvalue weighted by Crippen LogP contribution is -2.35. The van der Waals surface area contributed by atoms with Crippen LogP contribution in [0.4, 0.5) is 5.69 Å². The number of hydrogen-bond donors (Lipinski definition) is 2. The van der Waals surface area contributed by atoms with Crippen molar-refractivity contribution in [3.05, 3.63) is 53.9 Å². The number of rotatable bonds is 4. The summed E-state index contributed by atoms with van der Waals surface area (Å²) in [5.41, 5.74) is 8.05. The van der Waals surface area contributed by atoms with E-state index in [0.717, 1.165) is 12.2 Å². The van der Waals surface area contributed by atoms with Gasteiger partial charge in [-0.2, -0.15) is 0 Å². The number of anilines is 1. The van der Waals surface area contributed by atoms with Gasteiger partial charge in [-0.1, -0.05) is 18.2 Å². The van der Waals surface area contributed by atoms with Crippen LogP contribution in [0.3, 0.4) is 0 Å². The largest absolute Gasteiger partial charge is 0.488 e. The van der Waals surface area contributed by atoms with E-state index in [0.29, 0.717) is 17.9 Å². The molecule has 1 atom stereocenters. The number of carbonyl (C=O) groups is 1. The summed E-state index contributed by atoms with van der Waals surface area (Å²) >= 11 is 0. The summed E-state index contributed by atoms with van der Waals surface area (Å²) < 4.78 is 5.78. The summed E-state index contributed by atoms with van der Waals surface area (Å²) in [5, 5.41) is 2.89. The standard InChI is InChI=1S/C16H17N3O2/c17-12-5-6-13(18-9-12)8-16(20)19-10-14-7-11-3-1-2-4-15(11)21-14/h1-6,9,14H,7-8,10,17H2,(H,19,20). The van der Waals surface area contributed by atoms with Crippen molar-refractivity contribution in [3.63, 3.8) is 0 Å². The van der Waals surface area contributed by atoms with E-state index in [1.54, 1.807) is 18.3 Å². The number of pyridine rings is 1. The molecule has 2 heterocycles. The monoisotopic (exact) mass is 283 g/mol. The van der Waals surface area contributed by atoms with E-state index in [9.17, 15) is 4.79 Å².